The maximum atomic E-state index is 13.7. The third-order valence-electron chi connectivity index (χ3n) is 6.62. The zero-order valence-corrected chi connectivity index (χ0v) is 20.9. The maximum Gasteiger partial charge on any atom is 0.275 e. The topological polar surface area (TPSA) is 74.8 Å². The lowest BCUT2D eigenvalue weighted by molar-refractivity contribution is -0.156. The summed E-state index contributed by atoms with van der Waals surface area (Å²) in [5.41, 5.74) is 0.327. The molecule has 0 unspecified atom stereocenters. The molecule has 0 radical (unpaired) electrons. The number of nitrogens with zero attached hydrogens (tertiary/aromatic N) is 2. The minimum Gasteiger partial charge on any atom is -0.292 e. The Kier molecular flexibility index (Phi) is 7.04. The van der Waals surface area contributed by atoms with Gasteiger partial charge in [0.15, 0.2) is 5.78 Å². The molecule has 0 spiro atoms. The zero-order chi connectivity index (χ0) is 24.7. The Morgan fingerprint density at radius 2 is 1.56 bits per heavy atom. The number of ketones is 1. The van der Waals surface area contributed by atoms with Crippen molar-refractivity contribution in [3.63, 3.8) is 0 Å². The van der Waals surface area contributed by atoms with Crippen molar-refractivity contribution in [2.75, 3.05) is 0 Å². The Balaban J connectivity index is 1.77. The highest BCUT2D eigenvalue weighted by Gasteiger charge is 2.54. The van der Waals surface area contributed by atoms with E-state index in [1.807, 2.05) is 6.92 Å². The molecule has 2 aromatic carbocycles. The molecule has 178 valence electrons. The largest absolute Gasteiger partial charge is 0.292 e. The summed E-state index contributed by atoms with van der Waals surface area (Å²) in [5.74, 6) is -2.82. The molecule has 1 saturated heterocycles. The van der Waals surface area contributed by atoms with Crippen LogP contribution in [0.15, 0.2) is 42.5 Å². The fourth-order valence-electron chi connectivity index (χ4n) is 4.78. The molecule has 3 amide bonds. The molecule has 1 saturated carbocycles. The molecule has 0 aromatic heterocycles. The molecule has 2 aliphatic rings. The van der Waals surface area contributed by atoms with Crippen LogP contribution in [0, 0.1) is 17.8 Å². The van der Waals surface area contributed by atoms with E-state index in [1.165, 1.54) is 37.3 Å². The van der Waals surface area contributed by atoms with Gasteiger partial charge in [0.1, 0.15) is 6.04 Å². The van der Waals surface area contributed by atoms with E-state index in [0.29, 0.717) is 34.4 Å². The summed E-state index contributed by atoms with van der Waals surface area (Å²) >= 11 is 18.2. The van der Waals surface area contributed by atoms with Crippen LogP contribution in [0.4, 0.5) is 0 Å². The summed E-state index contributed by atoms with van der Waals surface area (Å²) in [5, 5.41) is 2.66. The molecule has 1 aliphatic carbocycles. The van der Waals surface area contributed by atoms with Crippen LogP contribution in [0.1, 0.15) is 53.8 Å². The van der Waals surface area contributed by atoms with Gasteiger partial charge in [-0.1, -0.05) is 41.7 Å². The second-order valence-corrected chi connectivity index (χ2v) is 10.2. The molecular weight excluding hydrogens is 499 g/mol. The van der Waals surface area contributed by atoms with Gasteiger partial charge < -0.3 is 0 Å². The van der Waals surface area contributed by atoms with E-state index in [1.54, 1.807) is 12.1 Å². The Hall–Kier alpha value is -2.41. The fourth-order valence-corrected chi connectivity index (χ4v) is 5.39. The first-order valence-electron chi connectivity index (χ1n) is 11.1. The molecule has 9 heteroatoms. The fraction of sp³-hybridized carbons (Fsp3) is 0.360. The van der Waals surface area contributed by atoms with Gasteiger partial charge in [-0.05, 0) is 74.6 Å². The Labute approximate surface area is 212 Å². The van der Waals surface area contributed by atoms with E-state index < -0.39 is 41.4 Å². The van der Waals surface area contributed by atoms with Crippen LogP contribution in [-0.4, -0.2) is 39.6 Å². The first-order chi connectivity index (χ1) is 16.1. The smallest absolute Gasteiger partial charge is 0.275 e. The average molecular weight is 522 g/mol. The number of Topliss-reactive ketones (excluding diaryl/α,β-unsaturated/α-hetero) is 1. The summed E-state index contributed by atoms with van der Waals surface area (Å²) < 4.78 is 0. The van der Waals surface area contributed by atoms with Crippen molar-refractivity contribution < 1.29 is 19.2 Å². The average Bonchev–Trinajstić information content (AvgIpc) is 3.03. The van der Waals surface area contributed by atoms with E-state index in [9.17, 15) is 19.2 Å². The first-order valence-corrected chi connectivity index (χ1v) is 12.2. The van der Waals surface area contributed by atoms with Crippen LogP contribution in [0.5, 0.6) is 0 Å². The van der Waals surface area contributed by atoms with Gasteiger partial charge >= 0.3 is 0 Å². The predicted octanol–water partition coefficient (Wildman–Crippen LogP) is 5.70. The molecule has 4 atom stereocenters. The van der Waals surface area contributed by atoms with Crippen molar-refractivity contribution in [2.45, 2.75) is 39.2 Å². The highest BCUT2D eigenvalue weighted by atomic mass is 35.5. The molecule has 2 fully saturated rings. The first kappa shape index (κ1) is 24.7. The molecule has 1 heterocycles. The number of amides is 3. The van der Waals surface area contributed by atoms with E-state index in [-0.39, 0.29) is 10.6 Å². The third kappa shape index (κ3) is 4.47. The molecule has 34 heavy (non-hydrogen) atoms. The summed E-state index contributed by atoms with van der Waals surface area (Å²) in [6.07, 6.45) is 1.95. The minimum atomic E-state index is -1.16. The van der Waals surface area contributed by atoms with Crippen molar-refractivity contribution in [1.82, 2.24) is 10.0 Å². The summed E-state index contributed by atoms with van der Waals surface area (Å²) in [6, 6.07) is 9.33. The van der Waals surface area contributed by atoms with Gasteiger partial charge in [0, 0.05) is 15.6 Å². The quantitative estimate of drug-likeness (QED) is 0.374. The summed E-state index contributed by atoms with van der Waals surface area (Å²) in [6.45, 7) is 3.53. The number of hydrogen-bond donors (Lipinski definition) is 0. The van der Waals surface area contributed by atoms with Crippen molar-refractivity contribution in [3.8, 4) is 0 Å². The second-order valence-electron chi connectivity index (χ2n) is 8.94. The molecule has 2 aromatic rings. The van der Waals surface area contributed by atoms with Crippen molar-refractivity contribution in [2.24, 2.45) is 17.8 Å². The number of fused-ring (bicyclic) bond motifs is 1. The number of benzene rings is 2. The van der Waals surface area contributed by atoms with E-state index in [4.69, 9.17) is 34.8 Å². The minimum absolute atomic E-state index is 0.0330. The molecule has 0 bridgehead atoms. The second kappa shape index (κ2) is 9.68. The predicted molar refractivity (Wildman–Crippen MR) is 130 cm³/mol. The number of hydrogen-bond acceptors (Lipinski definition) is 4. The molecule has 6 nitrogen and oxygen atoms in total. The Morgan fingerprint density at radius 1 is 0.941 bits per heavy atom. The van der Waals surface area contributed by atoms with Gasteiger partial charge in [0.25, 0.3) is 17.7 Å². The number of carbonyl (C=O) groups excluding carboxylic acids is 4. The monoisotopic (exact) mass is 520 g/mol. The number of carbonyl (C=O) groups is 4. The van der Waals surface area contributed by atoms with E-state index in [2.05, 4.69) is 0 Å². The van der Waals surface area contributed by atoms with Gasteiger partial charge in [0.05, 0.1) is 22.4 Å². The van der Waals surface area contributed by atoms with Crippen LogP contribution in [0.25, 0.3) is 0 Å². The molecule has 4 rings (SSSR count). The molecular formula is C25H23Cl3N2O4. The van der Waals surface area contributed by atoms with Gasteiger partial charge in [-0.3, -0.25) is 19.2 Å². The zero-order valence-electron chi connectivity index (χ0n) is 18.6. The number of hydrazine groups is 1. The van der Waals surface area contributed by atoms with Gasteiger partial charge in [-0.15, -0.1) is 0 Å². The van der Waals surface area contributed by atoms with Gasteiger partial charge in [0.2, 0.25) is 0 Å². The lowest BCUT2D eigenvalue weighted by Gasteiger charge is -2.35. The summed E-state index contributed by atoms with van der Waals surface area (Å²) in [7, 11) is 0. The number of imide groups is 1. The maximum absolute atomic E-state index is 13.7. The number of halogens is 3. The van der Waals surface area contributed by atoms with Crippen LogP contribution >= 0.6 is 34.8 Å². The highest BCUT2D eigenvalue weighted by Crippen LogP contribution is 2.42. The normalized spacial score (nSPS) is 23.0. The third-order valence-corrected chi connectivity index (χ3v) is 7.42. The standard InChI is InChI=1S/C25H23Cl3N2O4/c1-13-3-9-18-20(11-13)25(34)30(23(18)32)29(24(33)19-10-8-17(27)12-21(19)28)14(2)22(31)15-4-6-16(26)7-5-15/h4-8,10,12-14,18,20H,3,9,11H2,1-2H3/t13-,14+,18+,20-/m1/s1. The lowest BCUT2D eigenvalue weighted by atomic mass is 9.76. The molecule has 1 aliphatic heterocycles. The Morgan fingerprint density at radius 3 is 2.21 bits per heavy atom. The Bertz CT molecular complexity index is 1170. The van der Waals surface area contributed by atoms with Crippen molar-refractivity contribution in [1.29, 1.82) is 0 Å². The van der Waals surface area contributed by atoms with Gasteiger partial charge in [-0.2, -0.15) is 5.01 Å². The van der Waals surface area contributed by atoms with E-state index in [0.717, 1.165) is 16.4 Å². The van der Waals surface area contributed by atoms with Crippen LogP contribution in [-0.2, 0) is 9.59 Å². The van der Waals surface area contributed by atoms with Crippen LogP contribution in [0.2, 0.25) is 15.1 Å². The SMILES string of the molecule is C[C@@H]1CC[C@@H]2C(=O)N(N(C(=O)c3ccc(Cl)cc3Cl)[C@@H](C)C(=O)c3ccc(Cl)cc3)C(=O)[C@@H]2C1. The highest BCUT2D eigenvalue weighted by molar-refractivity contribution is 6.37. The van der Waals surface area contributed by atoms with Crippen molar-refractivity contribution >= 4 is 58.3 Å². The van der Waals surface area contributed by atoms with Crippen molar-refractivity contribution in [3.05, 3.63) is 68.7 Å². The summed E-state index contributed by atoms with van der Waals surface area (Å²) in [4.78, 5) is 54.0. The van der Waals surface area contributed by atoms with E-state index >= 15 is 0 Å². The van der Waals surface area contributed by atoms with Gasteiger partial charge in [-0.25, -0.2) is 5.01 Å². The van der Waals surface area contributed by atoms with Crippen LogP contribution in [0.3, 0.4) is 0 Å². The van der Waals surface area contributed by atoms with Crippen LogP contribution < -0.4 is 0 Å². The molecule has 0 N–H and O–H groups in total. The lowest BCUT2D eigenvalue weighted by Crippen LogP contribution is -2.56. The number of rotatable bonds is 5.